The molecule has 1 unspecified atom stereocenters. The number of nitrogens with zero attached hydrogens (tertiary/aromatic N) is 2. The van der Waals surface area contributed by atoms with E-state index in [1.807, 2.05) is 73.3 Å². The Balaban J connectivity index is 2.19. The molecule has 1 atom stereocenters. The molecule has 2 aromatic carbocycles. The third-order valence-corrected chi connectivity index (χ3v) is 3.85. The van der Waals surface area contributed by atoms with Crippen LogP contribution in [0.15, 0.2) is 59.6 Å². The van der Waals surface area contributed by atoms with Crippen molar-refractivity contribution in [3.63, 3.8) is 0 Å². The topological polar surface area (TPSA) is 32.7 Å². The molecule has 2 aromatic rings. The normalized spacial score (nSPS) is 18.0. The Morgan fingerprint density at radius 2 is 1.71 bits per heavy atom. The van der Waals surface area contributed by atoms with Crippen LogP contribution in [-0.4, -0.2) is 18.2 Å². The van der Waals surface area contributed by atoms with Gasteiger partial charge in [0.1, 0.15) is 0 Å². The third-order valence-electron chi connectivity index (χ3n) is 3.85. The number of para-hydroxylation sites is 2. The summed E-state index contributed by atoms with van der Waals surface area (Å²) in [6.45, 7) is 4.58. The van der Waals surface area contributed by atoms with Crippen LogP contribution in [0.2, 0.25) is 0 Å². The summed E-state index contributed by atoms with van der Waals surface area (Å²) in [5.41, 5.74) is 3.59. The molecule has 0 radical (unpaired) electrons. The van der Waals surface area contributed by atoms with Crippen LogP contribution < -0.4 is 4.90 Å². The molecule has 0 N–H and O–H groups in total. The van der Waals surface area contributed by atoms with Crippen LogP contribution in [-0.2, 0) is 4.79 Å². The van der Waals surface area contributed by atoms with Gasteiger partial charge in [-0.25, -0.2) is 4.99 Å². The standard InChI is InChI=1S/C18H18N2O/c1-3-20-16-12-8-7-11-15(16)19-17(13(2)18(20)21)14-9-5-4-6-10-14/h4-13H,3H2,1-2H3. The summed E-state index contributed by atoms with van der Waals surface area (Å²) in [5, 5.41) is 0. The number of rotatable bonds is 2. The smallest absolute Gasteiger partial charge is 0.235 e. The van der Waals surface area contributed by atoms with Gasteiger partial charge in [-0.2, -0.15) is 0 Å². The second-order valence-corrected chi connectivity index (χ2v) is 5.16. The van der Waals surface area contributed by atoms with Gasteiger partial charge in [0.25, 0.3) is 0 Å². The minimum absolute atomic E-state index is 0.102. The molecule has 0 bridgehead atoms. The molecule has 3 heteroatoms. The molecule has 1 amide bonds. The molecule has 0 saturated carbocycles. The number of fused-ring (bicyclic) bond motifs is 1. The second kappa shape index (κ2) is 5.52. The van der Waals surface area contributed by atoms with Gasteiger partial charge in [0.05, 0.1) is 23.0 Å². The molecule has 1 aliphatic heterocycles. The van der Waals surface area contributed by atoms with Crippen molar-refractivity contribution in [3.8, 4) is 0 Å². The quantitative estimate of drug-likeness (QED) is 0.822. The molecule has 3 nitrogen and oxygen atoms in total. The number of aliphatic imine (C=N–C) groups is 1. The van der Waals surface area contributed by atoms with E-state index in [9.17, 15) is 4.79 Å². The van der Waals surface area contributed by atoms with E-state index in [4.69, 9.17) is 4.99 Å². The van der Waals surface area contributed by atoms with E-state index >= 15 is 0 Å². The first-order valence-corrected chi connectivity index (χ1v) is 7.26. The lowest BCUT2D eigenvalue weighted by atomic mass is 9.97. The zero-order valence-corrected chi connectivity index (χ0v) is 12.3. The average Bonchev–Trinajstić information content (AvgIpc) is 2.64. The van der Waals surface area contributed by atoms with Crippen LogP contribution in [0.25, 0.3) is 0 Å². The van der Waals surface area contributed by atoms with Crippen LogP contribution in [0, 0.1) is 5.92 Å². The van der Waals surface area contributed by atoms with E-state index in [0.717, 1.165) is 22.6 Å². The summed E-state index contributed by atoms with van der Waals surface area (Å²) in [6, 6.07) is 17.8. The molecule has 3 rings (SSSR count). The summed E-state index contributed by atoms with van der Waals surface area (Å²) in [6.07, 6.45) is 0. The fourth-order valence-electron chi connectivity index (χ4n) is 2.73. The van der Waals surface area contributed by atoms with E-state index < -0.39 is 0 Å². The van der Waals surface area contributed by atoms with Crippen molar-refractivity contribution in [2.45, 2.75) is 13.8 Å². The van der Waals surface area contributed by atoms with Crippen molar-refractivity contribution in [1.29, 1.82) is 0 Å². The fourth-order valence-corrected chi connectivity index (χ4v) is 2.73. The van der Waals surface area contributed by atoms with Gasteiger partial charge in [-0.1, -0.05) is 42.5 Å². The molecule has 1 aliphatic rings. The third kappa shape index (κ3) is 2.35. The highest BCUT2D eigenvalue weighted by molar-refractivity contribution is 6.19. The van der Waals surface area contributed by atoms with Gasteiger partial charge in [0.2, 0.25) is 5.91 Å². The average molecular weight is 278 g/mol. The maximum atomic E-state index is 12.8. The molecule has 0 fully saturated rings. The molecule has 0 aromatic heterocycles. The lowest BCUT2D eigenvalue weighted by Gasteiger charge is -2.23. The summed E-state index contributed by atoms with van der Waals surface area (Å²) in [7, 11) is 0. The van der Waals surface area contributed by atoms with Crippen LogP contribution in [0.3, 0.4) is 0 Å². The number of hydrogen-bond acceptors (Lipinski definition) is 2. The predicted molar refractivity (Wildman–Crippen MR) is 86.3 cm³/mol. The Bertz CT molecular complexity index is 691. The predicted octanol–water partition coefficient (Wildman–Crippen LogP) is 3.81. The highest BCUT2D eigenvalue weighted by Crippen LogP contribution is 2.34. The monoisotopic (exact) mass is 278 g/mol. The van der Waals surface area contributed by atoms with Gasteiger partial charge >= 0.3 is 0 Å². The number of hydrogen-bond donors (Lipinski definition) is 0. The zero-order valence-electron chi connectivity index (χ0n) is 12.3. The van der Waals surface area contributed by atoms with Crippen molar-refractivity contribution in [2.24, 2.45) is 10.9 Å². The maximum absolute atomic E-state index is 12.8. The first-order valence-electron chi connectivity index (χ1n) is 7.26. The number of anilines is 1. The highest BCUT2D eigenvalue weighted by Gasteiger charge is 2.30. The fraction of sp³-hybridized carbons (Fsp3) is 0.222. The van der Waals surface area contributed by atoms with Crippen molar-refractivity contribution in [2.75, 3.05) is 11.4 Å². The minimum Gasteiger partial charge on any atom is -0.310 e. The SMILES string of the molecule is CCN1C(=O)C(C)C(c2ccccc2)=Nc2ccccc21. The summed E-state index contributed by atoms with van der Waals surface area (Å²) in [4.78, 5) is 19.4. The van der Waals surface area contributed by atoms with Crippen molar-refractivity contribution in [3.05, 3.63) is 60.2 Å². The number of carbonyl (C=O) groups excluding carboxylic acids is 1. The van der Waals surface area contributed by atoms with Gasteiger partial charge < -0.3 is 4.90 Å². The van der Waals surface area contributed by atoms with E-state index in [0.29, 0.717) is 6.54 Å². The zero-order chi connectivity index (χ0) is 14.8. The van der Waals surface area contributed by atoms with E-state index in [2.05, 4.69) is 0 Å². The number of benzene rings is 2. The summed E-state index contributed by atoms with van der Waals surface area (Å²) >= 11 is 0. The van der Waals surface area contributed by atoms with Crippen LogP contribution in [0.4, 0.5) is 11.4 Å². The largest absolute Gasteiger partial charge is 0.310 e. The summed E-state index contributed by atoms with van der Waals surface area (Å²) < 4.78 is 0. The van der Waals surface area contributed by atoms with Crippen molar-refractivity contribution < 1.29 is 4.79 Å². The van der Waals surface area contributed by atoms with E-state index in [1.165, 1.54) is 0 Å². The van der Waals surface area contributed by atoms with Crippen LogP contribution >= 0.6 is 0 Å². The molecular weight excluding hydrogens is 260 g/mol. The Morgan fingerprint density at radius 3 is 2.43 bits per heavy atom. The van der Waals surface area contributed by atoms with Crippen LogP contribution in [0.1, 0.15) is 19.4 Å². The van der Waals surface area contributed by atoms with Gasteiger partial charge in [0, 0.05) is 6.54 Å². The second-order valence-electron chi connectivity index (χ2n) is 5.16. The van der Waals surface area contributed by atoms with Crippen LogP contribution in [0.5, 0.6) is 0 Å². The minimum atomic E-state index is -0.250. The van der Waals surface area contributed by atoms with Crippen molar-refractivity contribution >= 4 is 23.0 Å². The highest BCUT2D eigenvalue weighted by atomic mass is 16.2. The van der Waals surface area contributed by atoms with E-state index in [-0.39, 0.29) is 11.8 Å². The molecule has 106 valence electrons. The number of amides is 1. The Morgan fingerprint density at radius 1 is 1.05 bits per heavy atom. The molecule has 0 saturated heterocycles. The van der Waals surface area contributed by atoms with Gasteiger partial charge in [-0.3, -0.25) is 4.79 Å². The Labute approximate surface area is 124 Å². The lowest BCUT2D eigenvalue weighted by molar-refractivity contribution is -0.120. The number of carbonyl (C=O) groups is 1. The van der Waals surface area contributed by atoms with Gasteiger partial charge in [0.15, 0.2) is 0 Å². The molecule has 1 heterocycles. The maximum Gasteiger partial charge on any atom is 0.235 e. The Hall–Kier alpha value is -2.42. The Kier molecular flexibility index (Phi) is 3.57. The first-order chi connectivity index (χ1) is 10.2. The first kappa shape index (κ1) is 13.6. The molecule has 0 spiro atoms. The van der Waals surface area contributed by atoms with Crippen molar-refractivity contribution in [1.82, 2.24) is 0 Å². The lowest BCUT2D eigenvalue weighted by Crippen LogP contribution is -2.37. The van der Waals surface area contributed by atoms with E-state index in [1.54, 1.807) is 0 Å². The van der Waals surface area contributed by atoms with Gasteiger partial charge in [-0.05, 0) is 31.5 Å². The molecular formula is C18H18N2O. The van der Waals surface area contributed by atoms with Gasteiger partial charge in [-0.15, -0.1) is 0 Å². The molecule has 21 heavy (non-hydrogen) atoms. The molecule has 0 aliphatic carbocycles. The summed E-state index contributed by atoms with van der Waals surface area (Å²) in [5.74, 6) is -0.148.